The Labute approximate surface area is 174 Å². The van der Waals surface area contributed by atoms with Crippen LogP contribution in [0.25, 0.3) is 5.82 Å². The molecule has 9 heteroatoms. The molecule has 150 valence electrons. The number of piperazine rings is 1. The summed E-state index contributed by atoms with van der Waals surface area (Å²) in [6, 6.07) is 12.9. The van der Waals surface area contributed by atoms with Crippen LogP contribution >= 0.6 is 11.6 Å². The van der Waals surface area contributed by atoms with Crippen LogP contribution in [0.15, 0.2) is 42.5 Å². The molecule has 0 atom stereocenters. The predicted octanol–water partition coefficient (Wildman–Crippen LogP) is 3.29. The number of halogens is 1. The van der Waals surface area contributed by atoms with Crippen molar-refractivity contribution >= 4 is 29.1 Å². The van der Waals surface area contributed by atoms with E-state index in [1.165, 1.54) is 0 Å². The zero-order chi connectivity index (χ0) is 20.4. The molecule has 0 aliphatic carbocycles. The molecule has 0 radical (unpaired) electrons. The van der Waals surface area contributed by atoms with Gasteiger partial charge in [-0.25, -0.2) is 9.48 Å². The summed E-state index contributed by atoms with van der Waals surface area (Å²) >= 11 is 6.12. The van der Waals surface area contributed by atoms with Crippen LogP contribution in [-0.2, 0) is 0 Å². The van der Waals surface area contributed by atoms with Crippen LogP contribution in [0.5, 0.6) is 0 Å². The van der Waals surface area contributed by atoms with Crippen molar-refractivity contribution in [3.05, 3.63) is 58.9 Å². The first-order valence-corrected chi connectivity index (χ1v) is 9.82. The summed E-state index contributed by atoms with van der Waals surface area (Å²) in [7, 11) is 0. The number of benzene rings is 1. The minimum Gasteiger partial charge on any atom is -0.352 e. The van der Waals surface area contributed by atoms with Gasteiger partial charge in [0.1, 0.15) is 0 Å². The maximum Gasteiger partial charge on any atom is 0.322 e. The number of rotatable bonds is 3. The summed E-state index contributed by atoms with van der Waals surface area (Å²) < 4.78 is 1.78. The van der Waals surface area contributed by atoms with Gasteiger partial charge in [-0.15, -0.1) is 10.2 Å². The van der Waals surface area contributed by atoms with Crippen LogP contribution in [-0.4, -0.2) is 57.1 Å². The van der Waals surface area contributed by atoms with E-state index in [4.69, 9.17) is 11.6 Å². The Morgan fingerprint density at radius 2 is 1.69 bits per heavy atom. The molecule has 2 amide bonds. The van der Waals surface area contributed by atoms with Gasteiger partial charge in [0.25, 0.3) is 0 Å². The Morgan fingerprint density at radius 3 is 2.31 bits per heavy atom. The van der Waals surface area contributed by atoms with Crippen LogP contribution in [0.3, 0.4) is 0 Å². The van der Waals surface area contributed by atoms with Crippen molar-refractivity contribution in [2.75, 3.05) is 36.4 Å². The smallest absolute Gasteiger partial charge is 0.322 e. The lowest BCUT2D eigenvalue weighted by Crippen LogP contribution is -2.50. The van der Waals surface area contributed by atoms with Gasteiger partial charge in [-0.05, 0) is 44.2 Å². The molecule has 1 fully saturated rings. The van der Waals surface area contributed by atoms with Gasteiger partial charge in [-0.3, -0.25) is 0 Å². The van der Waals surface area contributed by atoms with E-state index in [-0.39, 0.29) is 6.03 Å². The summed E-state index contributed by atoms with van der Waals surface area (Å²) in [4.78, 5) is 16.4. The Hall–Kier alpha value is -3.13. The van der Waals surface area contributed by atoms with Crippen molar-refractivity contribution in [3.8, 4) is 5.82 Å². The number of para-hydroxylation sites is 1. The van der Waals surface area contributed by atoms with E-state index in [2.05, 4.69) is 25.5 Å². The number of amides is 2. The van der Waals surface area contributed by atoms with Crippen molar-refractivity contribution in [1.82, 2.24) is 24.9 Å². The van der Waals surface area contributed by atoms with E-state index in [0.29, 0.717) is 42.7 Å². The molecule has 0 bridgehead atoms. The summed E-state index contributed by atoms with van der Waals surface area (Å²) in [6.45, 7) is 6.50. The second kappa shape index (κ2) is 8.08. The van der Waals surface area contributed by atoms with Crippen LogP contribution in [0, 0.1) is 13.8 Å². The fourth-order valence-corrected chi connectivity index (χ4v) is 3.54. The first-order chi connectivity index (χ1) is 14.0. The Kier molecular flexibility index (Phi) is 5.35. The highest BCUT2D eigenvalue weighted by Crippen LogP contribution is 2.21. The number of hydrogen-bond donors (Lipinski definition) is 1. The molecule has 29 heavy (non-hydrogen) atoms. The van der Waals surface area contributed by atoms with Crippen LogP contribution < -0.4 is 10.2 Å². The molecule has 8 nitrogen and oxygen atoms in total. The molecule has 3 heterocycles. The second-order valence-corrected chi connectivity index (χ2v) is 7.38. The van der Waals surface area contributed by atoms with E-state index in [0.717, 1.165) is 17.2 Å². The maximum absolute atomic E-state index is 12.5. The topological polar surface area (TPSA) is 79.2 Å². The second-order valence-electron chi connectivity index (χ2n) is 6.97. The molecule has 1 aliphatic heterocycles. The number of aromatic nitrogens is 4. The van der Waals surface area contributed by atoms with Crippen LogP contribution in [0.1, 0.15) is 11.4 Å². The van der Waals surface area contributed by atoms with Gasteiger partial charge in [0, 0.05) is 31.9 Å². The van der Waals surface area contributed by atoms with Crippen molar-refractivity contribution in [2.45, 2.75) is 13.8 Å². The monoisotopic (exact) mass is 411 g/mol. The summed E-state index contributed by atoms with van der Waals surface area (Å²) in [5, 5.41) is 16.5. The average Bonchev–Trinajstić information content (AvgIpc) is 3.08. The number of urea groups is 1. The van der Waals surface area contributed by atoms with E-state index < -0.39 is 0 Å². The number of carbonyl (C=O) groups excluding carboxylic acids is 1. The zero-order valence-electron chi connectivity index (χ0n) is 16.3. The highest BCUT2D eigenvalue weighted by atomic mass is 35.5. The summed E-state index contributed by atoms with van der Waals surface area (Å²) in [5.74, 6) is 1.48. The number of carbonyl (C=O) groups is 1. The lowest BCUT2D eigenvalue weighted by Gasteiger charge is -2.35. The van der Waals surface area contributed by atoms with Gasteiger partial charge in [0.05, 0.1) is 16.4 Å². The lowest BCUT2D eigenvalue weighted by atomic mass is 10.3. The first kappa shape index (κ1) is 19.2. The third-order valence-electron chi connectivity index (χ3n) is 4.87. The fraction of sp³-hybridized carbons (Fsp3) is 0.300. The molecular weight excluding hydrogens is 390 g/mol. The Bertz CT molecular complexity index is 1010. The minimum absolute atomic E-state index is 0.149. The summed E-state index contributed by atoms with van der Waals surface area (Å²) in [6.07, 6.45) is 0. The number of hydrogen-bond acceptors (Lipinski definition) is 5. The van der Waals surface area contributed by atoms with Gasteiger partial charge in [0.2, 0.25) is 0 Å². The number of aryl methyl sites for hydroxylation is 2. The van der Waals surface area contributed by atoms with Gasteiger partial charge < -0.3 is 15.1 Å². The SMILES string of the molecule is Cc1cc(C)n(-c2ccc(N3CCN(C(=O)Nc4ccccc4Cl)CC3)nn2)n1. The first-order valence-electron chi connectivity index (χ1n) is 9.44. The normalized spacial score (nSPS) is 14.2. The highest BCUT2D eigenvalue weighted by molar-refractivity contribution is 6.33. The van der Waals surface area contributed by atoms with Gasteiger partial charge in [0.15, 0.2) is 11.6 Å². The number of nitrogens with zero attached hydrogens (tertiary/aromatic N) is 6. The van der Waals surface area contributed by atoms with E-state index >= 15 is 0 Å². The molecule has 4 rings (SSSR count). The molecule has 0 spiro atoms. The third-order valence-corrected chi connectivity index (χ3v) is 5.20. The van der Waals surface area contributed by atoms with Crippen molar-refractivity contribution < 1.29 is 4.79 Å². The van der Waals surface area contributed by atoms with E-state index in [9.17, 15) is 4.79 Å². The van der Waals surface area contributed by atoms with Crippen LogP contribution in [0.4, 0.5) is 16.3 Å². The standard InChI is InChI=1S/C20H22ClN7O/c1-14-13-15(2)28(25-14)19-8-7-18(23-24-19)26-9-11-27(12-10-26)20(29)22-17-6-4-3-5-16(17)21/h3-8,13H,9-12H2,1-2H3,(H,22,29). The molecule has 0 saturated carbocycles. The average molecular weight is 412 g/mol. The van der Waals surface area contributed by atoms with Gasteiger partial charge >= 0.3 is 6.03 Å². The minimum atomic E-state index is -0.149. The van der Waals surface area contributed by atoms with E-state index in [1.54, 1.807) is 21.7 Å². The van der Waals surface area contributed by atoms with Crippen molar-refractivity contribution in [2.24, 2.45) is 0 Å². The Morgan fingerprint density at radius 1 is 1.00 bits per heavy atom. The zero-order valence-corrected chi connectivity index (χ0v) is 17.1. The molecule has 1 aliphatic rings. The molecule has 0 unspecified atom stereocenters. The predicted molar refractivity (Wildman–Crippen MR) is 113 cm³/mol. The highest BCUT2D eigenvalue weighted by Gasteiger charge is 2.22. The molecular formula is C20H22ClN7O. The Balaban J connectivity index is 1.36. The molecule has 1 aromatic carbocycles. The van der Waals surface area contributed by atoms with Gasteiger partial charge in [-0.2, -0.15) is 5.10 Å². The summed E-state index contributed by atoms with van der Waals surface area (Å²) in [5.41, 5.74) is 2.58. The molecule has 1 N–H and O–H groups in total. The quantitative estimate of drug-likeness (QED) is 0.715. The van der Waals surface area contributed by atoms with E-state index in [1.807, 2.05) is 44.2 Å². The largest absolute Gasteiger partial charge is 0.352 e. The number of nitrogens with one attached hydrogen (secondary N) is 1. The number of anilines is 2. The van der Waals surface area contributed by atoms with Gasteiger partial charge in [-0.1, -0.05) is 23.7 Å². The van der Waals surface area contributed by atoms with Crippen LogP contribution in [0.2, 0.25) is 5.02 Å². The maximum atomic E-state index is 12.5. The fourth-order valence-electron chi connectivity index (χ4n) is 3.36. The third kappa shape index (κ3) is 4.17. The molecule has 2 aromatic heterocycles. The molecule has 3 aromatic rings. The lowest BCUT2D eigenvalue weighted by molar-refractivity contribution is 0.208. The van der Waals surface area contributed by atoms with Crippen molar-refractivity contribution in [1.29, 1.82) is 0 Å². The van der Waals surface area contributed by atoms with Crippen molar-refractivity contribution in [3.63, 3.8) is 0 Å². The molecule has 1 saturated heterocycles.